The zero-order valence-corrected chi connectivity index (χ0v) is 13.1. The number of nitrogens with zero attached hydrogens (tertiary/aromatic N) is 1. The maximum atomic E-state index is 13.5. The zero-order chi connectivity index (χ0) is 16.9. The summed E-state index contributed by atoms with van der Waals surface area (Å²) in [5, 5.41) is 5.28. The van der Waals surface area contributed by atoms with Crippen LogP contribution < -0.4 is 15.5 Å². The number of carbonyl (C=O) groups excluding carboxylic acids is 1. The average molecular weight is 331 g/mol. The van der Waals surface area contributed by atoms with Crippen LogP contribution in [0, 0.1) is 17.6 Å². The average Bonchev–Trinajstić information content (AvgIpc) is 3.05. The van der Waals surface area contributed by atoms with Gasteiger partial charge in [-0.3, -0.25) is 0 Å². The lowest BCUT2D eigenvalue weighted by molar-refractivity contribution is 0.250. The molecule has 6 heteroatoms. The molecule has 1 saturated heterocycles. The molecular weight excluding hydrogens is 312 g/mol. The normalized spacial score (nSPS) is 16.9. The molecule has 0 bridgehead atoms. The summed E-state index contributed by atoms with van der Waals surface area (Å²) in [5.74, 6) is -0.404. The minimum atomic E-state index is -0.462. The van der Waals surface area contributed by atoms with E-state index in [1.807, 2.05) is 0 Å². The van der Waals surface area contributed by atoms with Crippen LogP contribution in [0.4, 0.5) is 25.0 Å². The molecule has 0 aromatic heterocycles. The standard InChI is InChI=1S/C18H19F2N3O/c19-14-5-7-15(8-6-14)23-10-9-13(12-23)11-21-18(24)22-17-4-2-1-3-16(17)20/h1-8,13H,9-12H2,(H2,21,22,24). The van der Waals surface area contributed by atoms with E-state index in [2.05, 4.69) is 15.5 Å². The van der Waals surface area contributed by atoms with Crippen molar-refractivity contribution >= 4 is 17.4 Å². The van der Waals surface area contributed by atoms with Gasteiger partial charge in [0.1, 0.15) is 11.6 Å². The fourth-order valence-corrected chi connectivity index (χ4v) is 2.85. The van der Waals surface area contributed by atoms with Crippen LogP contribution in [0.25, 0.3) is 0 Å². The van der Waals surface area contributed by atoms with Crippen molar-refractivity contribution in [1.82, 2.24) is 5.32 Å². The molecule has 3 rings (SSSR count). The largest absolute Gasteiger partial charge is 0.371 e. The van der Waals surface area contributed by atoms with E-state index in [9.17, 15) is 13.6 Å². The third kappa shape index (κ3) is 4.01. The van der Waals surface area contributed by atoms with Gasteiger partial charge in [-0.2, -0.15) is 0 Å². The highest BCUT2D eigenvalue weighted by Gasteiger charge is 2.23. The van der Waals surface area contributed by atoms with Crippen molar-refractivity contribution in [2.45, 2.75) is 6.42 Å². The third-order valence-corrected chi connectivity index (χ3v) is 4.15. The van der Waals surface area contributed by atoms with E-state index in [4.69, 9.17) is 0 Å². The summed E-state index contributed by atoms with van der Waals surface area (Å²) in [4.78, 5) is 14.0. The Morgan fingerprint density at radius 1 is 1.12 bits per heavy atom. The molecule has 2 amide bonds. The lowest BCUT2D eigenvalue weighted by Gasteiger charge is -2.19. The summed E-state index contributed by atoms with van der Waals surface area (Å²) in [6.45, 7) is 2.18. The van der Waals surface area contributed by atoms with Crippen molar-refractivity contribution in [1.29, 1.82) is 0 Å². The van der Waals surface area contributed by atoms with E-state index in [0.717, 1.165) is 25.2 Å². The van der Waals surface area contributed by atoms with Crippen LogP contribution in [0.5, 0.6) is 0 Å². The highest BCUT2D eigenvalue weighted by molar-refractivity contribution is 5.89. The zero-order valence-electron chi connectivity index (χ0n) is 13.1. The number of carbonyl (C=O) groups is 1. The van der Waals surface area contributed by atoms with E-state index in [-0.39, 0.29) is 11.5 Å². The van der Waals surface area contributed by atoms with Crippen LogP contribution in [0.2, 0.25) is 0 Å². The molecule has 0 spiro atoms. The first kappa shape index (κ1) is 16.2. The number of amides is 2. The van der Waals surface area contributed by atoms with Crippen LogP contribution in [-0.4, -0.2) is 25.7 Å². The predicted octanol–water partition coefficient (Wildman–Crippen LogP) is 3.61. The van der Waals surface area contributed by atoms with Crippen molar-refractivity contribution in [2.24, 2.45) is 5.92 Å². The molecule has 2 N–H and O–H groups in total. The lowest BCUT2D eigenvalue weighted by atomic mass is 10.1. The number of urea groups is 1. The molecule has 0 aliphatic carbocycles. The minimum Gasteiger partial charge on any atom is -0.371 e. The Bertz CT molecular complexity index is 706. The number of anilines is 2. The molecule has 1 unspecified atom stereocenters. The van der Waals surface area contributed by atoms with Crippen molar-refractivity contribution in [3.05, 3.63) is 60.2 Å². The molecule has 2 aromatic rings. The summed E-state index contributed by atoms with van der Waals surface area (Å²) in [5.41, 5.74) is 1.14. The van der Waals surface area contributed by atoms with Gasteiger partial charge in [-0.25, -0.2) is 13.6 Å². The maximum Gasteiger partial charge on any atom is 0.319 e. The molecule has 0 saturated carbocycles. The first-order valence-corrected chi connectivity index (χ1v) is 7.92. The molecule has 1 heterocycles. The summed E-state index contributed by atoms with van der Waals surface area (Å²) < 4.78 is 26.5. The quantitative estimate of drug-likeness (QED) is 0.899. The van der Waals surface area contributed by atoms with Crippen LogP contribution in [0.1, 0.15) is 6.42 Å². The van der Waals surface area contributed by atoms with Gasteiger partial charge >= 0.3 is 6.03 Å². The topological polar surface area (TPSA) is 44.4 Å². The maximum absolute atomic E-state index is 13.5. The van der Waals surface area contributed by atoms with Crippen LogP contribution in [0.15, 0.2) is 48.5 Å². The van der Waals surface area contributed by atoms with E-state index in [0.29, 0.717) is 12.5 Å². The number of nitrogens with one attached hydrogen (secondary N) is 2. The van der Waals surface area contributed by atoms with Gasteiger partial charge in [0, 0.05) is 25.3 Å². The first-order chi connectivity index (χ1) is 11.6. The number of rotatable bonds is 4. The van der Waals surface area contributed by atoms with Crippen LogP contribution in [0.3, 0.4) is 0 Å². The molecule has 0 radical (unpaired) electrons. The fraction of sp³-hybridized carbons (Fsp3) is 0.278. The smallest absolute Gasteiger partial charge is 0.319 e. The molecule has 1 atom stereocenters. The van der Waals surface area contributed by atoms with Gasteiger partial charge in [0.2, 0.25) is 0 Å². The second kappa shape index (κ2) is 7.29. The Morgan fingerprint density at radius 3 is 2.62 bits per heavy atom. The molecule has 24 heavy (non-hydrogen) atoms. The number of hydrogen-bond donors (Lipinski definition) is 2. The van der Waals surface area contributed by atoms with E-state index in [1.54, 1.807) is 24.3 Å². The first-order valence-electron chi connectivity index (χ1n) is 7.92. The SMILES string of the molecule is O=C(NCC1CCN(c2ccc(F)cc2)C1)Nc1ccccc1F. The Morgan fingerprint density at radius 2 is 1.88 bits per heavy atom. The van der Waals surface area contributed by atoms with Crippen LogP contribution >= 0.6 is 0 Å². The van der Waals surface area contributed by atoms with Crippen molar-refractivity contribution in [3.63, 3.8) is 0 Å². The number of benzene rings is 2. The van der Waals surface area contributed by atoms with Gasteiger partial charge in [0.25, 0.3) is 0 Å². The monoisotopic (exact) mass is 331 g/mol. The van der Waals surface area contributed by atoms with Gasteiger partial charge in [0.05, 0.1) is 5.69 Å². The summed E-state index contributed by atoms with van der Waals surface area (Å²) in [6, 6.07) is 12.0. The summed E-state index contributed by atoms with van der Waals surface area (Å²) in [6.07, 6.45) is 0.942. The van der Waals surface area contributed by atoms with Crippen molar-refractivity contribution < 1.29 is 13.6 Å². The summed E-state index contributed by atoms with van der Waals surface area (Å²) in [7, 11) is 0. The van der Waals surface area contributed by atoms with Gasteiger partial charge < -0.3 is 15.5 Å². The van der Waals surface area contributed by atoms with Gasteiger partial charge in [-0.05, 0) is 48.7 Å². The second-order valence-corrected chi connectivity index (χ2v) is 5.89. The minimum absolute atomic E-state index is 0.161. The third-order valence-electron chi connectivity index (χ3n) is 4.15. The fourth-order valence-electron chi connectivity index (χ4n) is 2.85. The molecule has 1 aliphatic heterocycles. The van der Waals surface area contributed by atoms with Gasteiger partial charge in [-0.1, -0.05) is 12.1 Å². The number of halogens is 2. The van der Waals surface area contributed by atoms with E-state index < -0.39 is 11.8 Å². The molecule has 1 aliphatic rings. The van der Waals surface area contributed by atoms with E-state index in [1.165, 1.54) is 24.3 Å². The molecule has 4 nitrogen and oxygen atoms in total. The molecular formula is C18H19F2N3O. The number of hydrogen-bond acceptors (Lipinski definition) is 2. The Hall–Kier alpha value is -2.63. The van der Waals surface area contributed by atoms with Crippen LogP contribution in [-0.2, 0) is 0 Å². The Balaban J connectivity index is 1.47. The Kier molecular flexibility index (Phi) is 4.93. The highest BCUT2D eigenvalue weighted by atomic mass is 19.1. The second-order valence-electron chi connectivity index (χ2n) is 5.89. The summed E-state index contributed by atoms with van der Waals surface area (Å²) >= 11 is 0. The molecule has 1 fully saturated rings. The van der Waals surface area contributed by atoms with Gasteiger partial charge in [-0.15, -0.1) is 0 Å². The molecule has 126 valence electrons. The van der Waals surface area contributed by atoms with Crippen molar-refractivity contribution in [2.75, 3.05) is 29.9 Å². The Labute approximate surface area is 139 Å². The molecule has 2 aromatic carbocycles. The lowest BCUT2D eigenvalue weighted by Crippen LogP contribution is -2.34. The number of para-hydroxylation sites is 1. The van der Waals surface area contributed by atoms with Gasteiger partial charge in [0.15, 0.2) is 0 Å². The predicted molar refractivity (Wildman–Crippen MR) is 90.1 cm³/mol. The van der Waals surface area contributed by atoms with E-state index >= 15 is 0 Å². The highest BCUT2D eigenvalue weighted by Crippen LogP contribution is 2.23. The van der Waals surface area contributed by atoms with Crippen molar-refractivity contribution in [3.8, 4) is 0 Å².